The van der Waals surface area contributed by atoms with Gasteiger partial charge >= 0.3 is 0 Å². The first kappa shape index (κ1) is 10.9. The molecule has 3 nitrogen and oxygen atoms in total. The Kier molecular flexibility index (Phi) is 3.62. The van der Waals surface area contributed by atoms with Gasteiger partial charge in [0, 0.05) is 12.5 Å². The monoisotopic (exact) mass is 210 g/mol. The van der Waals surface area contributed by atoms with E-state index in [2.05, 4.69) is 4.90 Å². The molecule has 3 heteroatoms. The quantitative estimate of drug-likeness (QED) is 0.767. The molecule has 86 valence electrons. The Hall–Kier alpha value is -0.570. The lowest BCUT2D eigenvalue weighted by atomic mass is 9.92. The summed E-state index contributed by atoms with van der Waals surface area (Å²) in [5.74, 6) is 0.425. The maximum atomic E-state index is 10.8. The molecule has 0 spiro atoms. The SMILES string of the molecule is NC(=O)CC1CCN(C2CCCC2)CC1. The van der Waals surface area contributed by atoms with E-state index in [0.717, 1.165) is 6.04 Å². The average molecular weight is 210 g/mol. The predicted octanol–water partition coefficient (Wildman–Crippen LogP) is 1.52. The standard InChI is InChI=1S/C12H22N2O/c13-12(15)9-10-5-7-14(8-6-10)11-3-1-2-4-11/h10-11H,1-9H2,(H2,13,15). The molecule has 1 saturated heterocycles. The molecule has 2 N–H and O–H groups in total. The van der Waals surface area contributed by atoms with Crippen molar-refractivity contribution < 1.29 is 4.79 Å². The number of carbonyl (C=O) groups excluding carboxylic acids is 1. The van der Waals surface area contributed by atoms with Gasteiger partial charge in [0.25, 0.3) is 0 Å². The zero-order valence-corrected chi connectivity index (χ0v) is 9.45. The Morgan fingerprint density at radius 1 is 1.13 bits per heavy atom. The van der Waals surface area contributed by atoms with Crippen molar-refractivity contribution in [2.45, 2.75) is 51.0 Å². The summed E-state index contributed by atoms with van der Waals surface area (Å²) in [5, 5.41) is 0. The third-order valence-electron chi connectivity index (χ3n) is 3.98. The number of nitrogens with two attached hydrogens (primary N) is 1. The first-order valence-corrected chi connectivity index (χ1v) is 6.28. The normalized spacial score (nSPS) is 25.9. The minimum absolute atomic E-state index is 0.130. The van der Waals surface area contributed by atoms with Gasteiger partial charge in [-0.25, -0.2) is 0 Å². The van der Waals surface area contributed by atoms with Crippen molar-refractivity contribution in [3.8, 4) is 0 Å². The molecule has 2 fully saturated rings. The molecule has 0 aromatic heterocycles. The van der Waals surface area contributed by atoms with E-state index in [1.165, 1.54) is 51.6 Å². The third kappa shape index (κ3) is 2.94. The summed E-state index contributed by atoms with van der Waals surface area (Å²) >= 11 is 0. The zero-order valence-electron chi connectivity index (χ0n) is 9.45. The van der Waals surface area contributed by atoms with Crippen LogP contribution < -0.4 is 5.73 Å². The Balaban J connectivity index is 1.73. The van der Waals surface area contributed by atoms with Crippen LogP contribution in [0.15, 0.2) is 0 Å². The van der Waals surface area contributed by atoms with E-state index in [9.17, 15) is 4.79 Å². The van der Waals surface area contributed by atoms with Gasteiger partial charge in [0.2, 0.25) is 5.91 Å². The zero-order chi connectivity index (χ0) is 10.7. The van der Waals surface area contributed by atoms with Crippen LogP contribution in [0.2, 0.25) is 0 Å². The summed E-state index contributed by atoms with van der Waals surface area (Å²) in [5.41, 5.74) is 5.23. The van der Waals surface area contributed by atoms with E-state index in [4.69, 9.17) is 5.73 Å². The lowest BCUT2D eigenvalue weighted by molar-refractivity contribution is -0.119. The molecule has 0 radical (unpaired) electrons. The van der Waals surface area contributed by atoms with Gasteiger partial charge in [-0.1, -0.05) is 12.8 Å². The van der Waals surface area contributed by atoms with Gasteiger partial charge in [0.15, 0.2) is 0 Å². The van der Waals surface area contributed by atoms with E-state index in [1.807, 2.05) is 0 Å². The van der Waals surface area contributed by atoms with E-state index in [-0.39, 0.29) is 5.91 Å². The van der Waals surface area contributed by atoms with E-state index < -0.39 is 0 Å². The van der Waals surface area contributed by atoms with Crippen molar-refractivity contribution in [1.29, 1.82) is 0 Å². The van der Waals surface area contributed by atoms with Gasteiger partial charge in [-0.3, -0.25) is 4.79 Å². The highest BCUT2D eigenvalue weighted by atomic mass is 16.1. The molecular weight excluding hydrogens is 188 g/mol. The van der Waals surface area contributed by atoms with Crippen LogP contribution in [0.1, 0.15) is 44.9 Å². The summed E-state index contributed by atoms with van der Waals surface area (Å²) in [6, 6.07) is 0.847. The second-order valence-corrected chi connectivity index (χ2v) is 5.09. The maximum absolute atomic E-state index is 10.8. The lowest BCUT2D eigenvalue weighted by Gasteiger charge is -2.35. The highest BCUT2D eigenvalue weighted by molar-refractivity contribution is 5.73. The molecule has 1 saturated carbocycles. The topological polar surface area (TPSA) is 46.3 Å². The molecule has 0 atom stereocenters. The summed E-state index contributed by atoms with van der Waals surface area (Å²) in [4.78, 5) is 13.4. The summed E-state index contributed by atoms with van der Waals surface area (Å²) in [6.07, 6.45) is 8.52. The average Bonchev–Trinajstić information content (AvgIpc) is 2.71. The van der Waals surface area contributed by atoms with Crippen LogP contribution in [0.4, 0.5) is 0 Å². The van der Waals surface area contributed by atoms with E-state index >= 15 is 0 Å². The number of likely N-dealkylation sites (tertiary alicyclic amines) is 1. The number of primary amides is 1. The van der Waals surface area contributed by atoms with Crippen LogP contribution in [-0.4, -0.2) is 29.9 Å². The van der Waals surface area contributed by atoms with Gasteiger partial charge in [0.05, 0.1) is 0 Å². The number of amides is 1. The van der Waals surface area contributed by atoms with E-state index in [1.54, 1.807) is 0 Å². The lowest BCUT2D eigenvalue weighted by Crippen LogP contribution is -2.40. The van der Waals surface area contributed by atoms with Crippen LogP contribution in [0, 0.1) is 5.92 Å². The summed E-state index contributed by atoms with van der Waals surface area (Å²) < 4.78 is 0. The van der Waals surface area contributed by atoms with Crippen molar-refractivity contribution in [2.24, 2.45) is 11.7 Å². The molecule has 0 aromatic carbocycles. The van der Waals surface area contributed by atoms with Crippen molar-refractivity contribution in [3.63, 3.8) is 0 Å². The van der Waals surface area contributed by atoms with Gasteiger partial charge in [0.1, 0.15) is 0 Å². The second kappa shape index (κ2) is 4.97. The molecule has 2 aliphatic rings. The van der Waals surface area contributed by atoms with Crippen molar-refractivity contribution in [1.82, 2.24) is 4.90 Å². The smallest absolute Gasteiger partial charge is 0.217 e. The fraction of sp³-hybridized carbons (Fsp3) is 0.917. The first-order valence-electron chi connectivity index (χ1n) is 6.28. The number of hydrogen-bond acceptors (Lipinski definition) is 2. The Labute approximate surface area is 92.0 Å². The van der Waals surface area contributed by atoms with Crippen LogP contribution >= 0.6 is 0 Å². The predicted molar refractivity (Wildman–Crippen MR) is 60.4 cm³/mol. The van der Waals surface area contributed by atoms with Gasteiger partial charge in [-0.15, -0.1) is 0 Å². The van der Waals surface area contributed by atoms with Gasteiger partial charge in [-0.2, -0.15) is 0 Å². The molecule has 0 aromatic rings. The van der Waals surface area contributed by atoms with Crippen LogP contribution in [0.25, 0.3) is 0 Å². The van der Waals surface area contributed by atoms with Crippen molar-refractivity contribution in [2.75, 3.05) is 13.1 Å². The molecule has 2 rings (SSSR count). The second-order valence-electron chi connectivity index (χ2n) is 5.09. The molecule has 1 aliphatic heterocycles. The van der Waals surface area contributed by atoms with Crippen LogP contribution in [-0.2, 0) is 4.79 Å². The molecule has 1 heterocycles. The van der Waals surface area contributed by atoms with Crippen LogP contribution in [0.3, 0.4) is 0 Å². The fourth-order valence-corrected chi connectivity index (χ4v) is 3.08. The highest BCUT2D eigenvalue weighted by Crippen LogP contribution is 2.28. The third-order valence-corrected chi connectivity index (χ3v) is 3.98. The Bertz CT molecular complexity index is 216. The fourth-order valence-electron chi connectivity index (χ4n) is 3.08. The number of rotatable bonds is 3. The first-order chi connectivity index (χ1) is 7.25. The van der Waals surface area contributed by atoms with Gasteiger partial charge < -0.3 is 10.6 Å². The minimum Gasteiger partial charge on any atom is -0.370 e. The van der Waals surface area contributed by atoms with Crippen molar-refractivity contribution >= 4 is 5.91 Å². The molecule has 0 bridgehead atoms. The molecule has 1 aliphatic carbocycles. The molecule has 15 heavy (non-hydrogen) atoms. The molecular formula is C12H22N2O. The number of nitrogens with zero attached hydrogens (tertiary/aromatic N) is 1. The number of hydrogen-bond donors (Lipinski definition) is 1. The largest absolute Gasteiger partial charge is 0.370 e. The highest BCUT2D eigenvalue weighted by Gasteiger charge is 2.27. The van der Waals surface area contributed by atoms with Crippen LogP contribution in [0.5, 0.6) is 0 Å². The molecule has 1 amide bonds. The summed E-state index contributed by atoms with van der Waals surface area (Å²) in [6.45, 7) is 2.37. The van der Waals surface area contributed by atoms with Crippen molar-refractivity contribution in [3.05, 3.63) is 0 Å². The Morgan fingerprint density at radius 2 is 1.73 bits per heavy atom. The minimum atomic E-state index is -0.130. The number of piperidine rings is 1. The Morgan fingerprint density at radius 3 is 2.27 bits per heavy atom. The maximum Gasteiger partial charge on any atom is 0.217 e. The number of carbonyl (C=O) groups is 1. The van der Waals surface area contributed by atoms with E-state index in [0.29, 0.717) is 12.3 Å². The molecule has 0 unspecified atom stereocenters. The summed E-state index contributed by atoms with van der Waals surface area (Å²) in [7, 11) is 0. The van der Waals surface area contributed by atoms with Gasteiger partial charge in [-0.05, 0) is 44.7 Å².